The number of hydrogen-bond donors (Lipinski definition) is 1. The Bertz CT molecular complexity index is 1670. The highest BCUT2D eigenvalue weighted by atomic mass is 16.6. The van der Waals surface area contributed by atoms with Gasteiger partial charge in [-0.15, -0.1) is 0 Å². The second-order valence-corrected chi connectivity index (χ2v) is 14.6. The molecule has 0 atom stereocenters. The summed E-state index contributed by atoms with van der Waals surface area (Å²) in [6.07, 6.45) is 4.41. The molecule has 256 valence electrons. The maximum Gasteiger partial charge on any atom is 0.425 e. The van der Waals surface area contributed by atoms with Crippen molar-refractivity contribution in [3.63, 3.8) is 0 Å². The lowest BCUT2D eigenvalue weighted by Gasteiger charge is -2.42. The van der Waals surface area contributed by atoms with Gasteiger partial charge in [0.15, 0.2) is 5.82 Å². The quantitative estimate of drug-likeness (QED) is 0.279. The maximum absolute atomic E-state index is 14.2. The first kappa shape index (κ1) is 34.7. The van der Waals surface area contributed by atoms with Gasteiger partial charge in [0.05, 0.1) is 12.6 Å². The number of rotatable bonds is 6. The minimum Gasteiger partial charge on any atom is -0.497 e. The summed E-state index contributed by atoms with van der Waals surface area (Å²) in [4.78, 5) is 52.5. The largest absolute Gasteiger partial charge is 0.497 e. The number of ether oxygens (including phenoxy) is 3. The molecule has 1 aliphatic heterocycles. The zero-order valence-electron chi connectivity index (χ0n) is 29.5. The molecular weight excluding hydrogens is 610 g/mol. The monoisotopic (exact) mass is 657 g/mol. The van der Waals surface area contributed by atoms with E-state index in [1.54, 1.807) is 55.6 Å². The van der Waals surface area contributed by atoms with Crippen LogP contribution in [0.4, 0.5) is 26.9 Å². The fourth-order valence-corrected chi connectivity index (χ4v) is 6.59. The lowest BCUT2D eigenvalue weighted by Crippen LogP contribution is -2.44. The van der Waals surface area contributed by atoms with Crippen molar-refractivity contribution in [3.8, 4) is 5.75 Å². The van der Waals surface area contributed by atoms with Crippen molar-refractivity contribution in [1.29, 1.82) is 0 Å². The van der Waals surface area contributed by atoms with Crippen LogP contribution < -0.4 is 15.0 Å². The van der Waals surface area contributed by atoms with Crippen LogP contribution in [0, 0.1) is 13.8 Å². The number of aromatic nitrogens is 2. The van der Waals surface area contributed by atoms with Gasteiger partial charge in [0, 0.05) is 23.4 Å². The van der Waals surface area contributed by atoms with Crippen LogP contribution in [0.5, 0.6) is 5.75 Å². The topological polar surface area (TPSA) is 123 Å². The van der Waals surface area contributed by atoms with E-state index in [1.807, 2.05) is 37.3 Å². The van der Waals surface area contributed by atoms with Crippen LogP contribution in [-0.2, 0) is 21.6 Å². The maximum atomic E-state index is 14.2. The summed E-state index contributed by atoms with van der Waals surface area (Å²) in [5.41, 5.74) is 2.69. The Morgan fingerprint density at radius 3 is 2.08 bits per heavy atom. The summed E-state index contributed by atoms with van der Waals surface area (Å²) >= 11 is 0. The number of aryl methyl sites for hydroxylation is 1. The van der Waals surface area contributed by atoms with Gasteiger partial charge in [0.2, 0.25) is 0 Å². The molecule has 11 nitrogen and oxygen atoms in total. The number of benzene rings is 2. The molecule has 1 N–H and O–H groups in total. The average Bonchev–Trinajstić information content (AvgIpc) is 3.20. The molecule has 0 saturated heterocycles. The van der Waals surface area contributed by atoms with E-state index in [-0.39, 0.29) is 11.7 Å². The number of nitrogens with zero attached hydrogens (tertiary/aromatic N) is 4. The number of nitrogens with one attached hydrogen (secondary N) is 1. The number of amides is 3. The Morgan fingerprint density at radius 2 is 1.52 bits per heavy atom. The van der Waals surface area contributed by atoms with Crippen LogP contribution in [0.15, 0.2) is 42.7 Å². The van der Waals surface area contributed by atoms with Crippen molar-refractivity contribution in [1.82, 2.24) is 14.9 Å². The van der Waals surface area contributed by atoms with Crippen LogP contribution in [-0.4, -0.2) is 51.3 Å². The number of imide groups is 1. The third-order valence-electron chi connectivity index (χ3n) is 8.68. The highest BCUT2D eigenvalue weighted by Crippen LogP contribution is 2.51. The molecule has 11 heteroatoms. The van der Waals surface area contributed by atoms with Gasteiger partial charge in [0.25, 0.3) is 5.91 Å². The van der Waals surface area contributed by atoms with Crippen LogP contribution in [0.25, 0.3) is 0 Å². The Hall–Kier alpha value is -4.67. The summed E-state index contributed by atoms with van der Waals surface area (Å²) in [5.74, 6) is 1.25. The first-order valence-electron chi connectivity index (χ1n) is 16.5. The zero-order valence-corrected chi connectivity index (χ0v) is 29.5. The van der Waals surface area contributed by atoms with Crippen molar-refractivity contribution in [3.05, 3.63) is 70.5 Å². The highest BCUT2D eigenvalue weighted by molar-refractivity contribution is 6.09. The van der Waals surface area contributed by atoms with E-state index in [1.165, 1.54) is 6.33 Å². The smallest absolute Gasteiger partial charge is 0.425 e. The molecule has 2 aliphatic rings. The zero-order chi connectivity index (χ0) is 35.0. The predicted octanol–water partition coefficient (Wildman–Crippen LogP) is 8.34. The lowest BCUT2D eigenvalue weighted by atomic mass is 9.76. The van der Waals surface area contributed by atoms with Crippen molar-refractivity contribution in [2.24, 2.45) is 0 Å². The second kappa shape index (κ2) is 13.1. The van der Waals surface area contributed by atoms with E-state index in [0.717, 1.165) is 70.7 Å². The minimum atomic E-state index is -0.910. The van der Waals surface area contributed by atoms with E-state index < -0.39 is 28.9 Å². The van der Waals surface area contributed by atoms with Gasteiger partial charge in [-0.1, -0.05) is 31.4 Å². The summed E-state index contributed by atoms with van der Waals surface area (Å²) in [6.45, 7) is 14.5. The summed E-state index contributed by atoms with van der Waals surface area (Å²) in [6, 6.07) is 11.9. The van der Waals surface area contributed by atoms with Crippen molar-refractivity contribution >= 4 is 35.4 Å². The Morgan fingerprint density at radius 1 is 0.917 bits per heavy atom. The van der Waals surface area contributed by atoms with Crippen molar-refractivity contribution < 1.29 is 28.6 Å². The van der Waals surface area contributed by atoms with Crippen LogP contribution in [0.2, 0.25) is 0 Å². The van der Waals surface area contributed by atoms with E-state index in [2.05, 4.69) is 26.3 Å². The van der Waals surface area contributed by atoms with Crippen molar-refractivity contribution in [2.45, 2.75) is 111 Å². The second-order valence-electron chi connectivity index (χ2n) is 14.6. The first-order chi connectivity index (χ1) is 22.5. The molecule has 3 amide bonds. The van der Waals surface area contributed by atoms with Crippen LogP contribution in [0.1, 0.15) is 106 Å². The molecule has 2 aromatic carbocycles. The molecule has 5 rings (SSSR count). The highest BCUT2D eigenvalue weighted by Gasteiger charge is 2.50. The molecule has 1 spiro atoms. The first-order valence-corrected chi connectivity index (χ1v) is 16.5. The van der Waals surface area contributed by atoms with Gasteiger partial charge in [-0.3, -0.25) is 4.79 Å². The summed E-state index contributed by atoms with van der Waals surface area (Å²) in [7, 11) is 1.64. The molecule has 2 heterocycles. The van der Waals surface area contributed by atoms with Gasteiger partial charge in [-0.2, -0.15) is 4.90 Å². The number of fused-ring (bicyclic) bond motifs is 2. The molecule has 1 saturated carbocycles. The molecule has 48 heavy (non-hydrogen) atoms. The lowest BCUT2D eigenvalue weighted by molar-refractivity contribution is 0.0383. The fraction of sp³-hybridized carbons (Fsp3) is 0.486. The SMILES string of the molecule is COc1ccc(CN2C(=O)c3c(C)cc(Nc4ncnc(N(C(=O)OC(C)(C)C)C(=O)OC(C)(C)C)c4C)cc3C23CCCCC3)cc1. The van der Waals surface area contributed by atoms with E-state index >= 15 is 0 Å². The summed E-state index contributed by atoms with van der Waals surface area (Å²) in [5, 5.41) is 3.40. The molecule has 3 aromatic rings. The van der Waals surface area contributed by atoms with Crippen molar-refractivity contribution in [2.75, 3.05) is 17.3 Å². The molecule has 0 unspecified atom stereocenters. The van der Waals surface area contributed by atoms with Crippen LogP contribution in [0.3, 0.4) is 0 Å². The minimum absolute atomic E-state index is 0.0395. The Labute approximate surface area is 283 Å². The Kier molecular flexibility index (Phi) is 9.45. The number of anilines is 3. The average molecular weight is 658 g/mol. The predicted molar refractivity (Wildman–Crippen MR) is 184 cm³/mol. The standard InChI is InChI=1S/C37H47N5O6/c1-23-19-26(40-30-24(2)31(39-22-38-30)42(33(44)47-35(3,4)5)34(45)48-36(6,7)8)20-28-29(23)32(43)41(37(28)17-11-10-12-18-37)21-25-13-15-27(46-9)16-14-25/h13-16,19-20,22H,10-12,17-18,21H2,1-9H3,(H,38,39,40). The number of hydrogen-bond acceptors (Lipinski definition) is 9. The molecular formula is C37H47N5O6. The fourth-order valence-electron chi connectivity index (χ4n) is 6.59. The normalized spacial score (nSPS) is 15.6. The molecule has 1 aromatic heterocycles. The molecule has 1 fully saturated rings. The molecule has 1 aliphatic carbocycles. The van der Waals surface area contributed by atoms with Gasteiger partial charge in [-0.25, -0.2) is 19.6 Å². The van der Waals surface area contributed by atoms with Crippen LogP contribution >= 0.6 is 0 Å². The van der Waals surface area contributed by atoms with Gasteiger partial charge < -0.3 is 24.4 Å². The van der Waals surface area contributed by atoms with Gasteiger partial charge in [0.1, 0.15) is 29.1 Å². The van der Waals surface area contributed by atoms with E-state index in [4.69, 9.17) is 14.2 Å². The number of carbonyl (C=O) groups excluding carboxylic acids is 3. The third-order valence-corrected chi connectivity index (χ3v) is 8.68. The Balaban J connectivity index is 1.52. The molecule has 0 bridgehead atoms. The molecule has 0 radical (unpaired) electrons. The van der Waals surface area contributed by atoms with E-state index in [9.17, 15) is 14.4 Å². The van der Waals surface area contributed by atoms with Gasteiger partial charge >= 0.3 is 12.2 Å². The number of methoxy groups -OCH3 is 1. The van der Waals surface area contributed by atoms with E-state index in [0.29, 0.717) is 17.9 Å². The van der Waals surface area contributed by atoms with Gasteiger partial charge in [-0.05, 0) is 109 Å². The summed E-state index contributed by atoms with van der Waals surface area (Å²) < 4.78 is 16.5. The third kappa shape index (κ3) is 7.10. The number of carbonyl (C=O) groups is 3.